The number of morpholine rings is 1. The summed E-state index contributed by atoms with van der Waals surface area (Å²) in [6.07, 6.45) is 2.22. The second kappa shape index (κ2) is 9.75. The van der Waals surface area contributed by atoms with Gasteiger partial charge in [-0.3, -0.25) is 0 Å². The van der Waals surface area contributed by atoms with Gasteiger partial charge in [-0.15, -0.1) is 0 Å². The molecular formula is C20H31BrN4O2. The highest BCUT2D eigenvalue weighted by Gasteiger charge is 2.29. The minimum absolute atomic E-state index is 0.0905. The Hall–Kier alpha value is -1.31. The van der Waals surface area contributed by atoms with Crippen LogP contribution in [0, 0.1) is 0 Å². The summed E-state index contributed by atoms with van der Waals surface area (Å²) in [5.41, 5.74) is 2.37. The van der Waals surface area contributed by atoms with Gasteiger partial charge in [-0.25, -0.2) is 4.99 Å². The molecule has 0 radical (unpaired) electrons. The highest BCUT2D eigenvalue weighted by Crippen LogP contribution is 2.27. The van der Waals surface area contributed by atoms with Gasteiger partial charge in [0.25, 0.3) is 0 Å². The molecule has 2 aliphatic rings. The fourth-order valence-electron chi connectivity index (χ4n) is 3.52. The lowest BCUT2D eigenvalue weighted by Gasteiger charge is -2.30. The molecule has 0 amide bonds. The van der Waals surface area contributed by atoms with Gasteiger partial charge in [0, 0.05) is 42.9 Å². The Morgan fingerprint density at radius 2 is 2.07 bits per heavy atom. The number of halogens is 1. The van der Waals surface area contributed by atoms with Crippen LogP contribution in [-0.2, 0) is 16.0 Å². The van der Waals surface area contributed by atoms with Crippen LogP contribution in [0.5, 0.6) is 0 Å². The molecule has 0 spiro atoms. The first-order valence-electron chi connectivity index (χ1n) is 9.87. The summed E-state index contributed by atoms with van der Waals surface area (Å²) in [6, 6.07) is 6.43. The number of nitrogens with one attached hydrogen (secondary N) is 2. The number of hydrogen-bond donors (Lipinski definition) is 2. The summed E-state index contributed by atoms with van der Waals surface area (Å²) < 4.78 is 12.5. The van der Waals surface area contributed by atoms with Crippen LogP contribution in [0.3, 0.4) is 0 Å². The lowest BCUT2D eigenvalue weighted by Crippen LogP contribution is -2.45. The average molecular weight is 439 g/mol. The van der Waals surface area contributed by atoms with Crippen molar-refractivity contribution in [3.8, 4) is 0 Å². The largest absolute Gasteiger partial charge is 0.378 e. The van der Waals surface area contributed by atoms with E-state index in [1.165, 1.54) is 11.3 Å². The van der Waals surface area contributed by atoms with E-state index in [0.717, 1.165) is 69.3 Å². The number of aliphatic imine (C=N–C) groups is 1. The third-order valence-corrected chi connectivity index (χ3v) is 5.57. The molecule has 6 nitrogen and oxygen atoms in total. The van der Waals surface area contributed by atoms with Gasteiger partial charge in [0.05, 0.1) is 25.4 Å². The van der Waals surface area contributed by atoms with Crippen LogP contribution in [0.15, 0.2) is 27.7 Å². The first-order valence-corrected chi connectivity index (χ1v) is 10.7. The third-order valence-electron chi connectivity index (χ3n) is 5.08. The van der Waals surface area contributed by atoms with Gasteiger partial charge in [-0.1, -0.05) is 22.0 Å². The molecule has 1 aromatic rings. The van der Waals surface area contributed by atoms with Crippen molar-refractivity contribution >= 4 is 27.6 Å². The van der Waals surface area contributed by atoms with Crippen LogP contribution in [0.2, 0.25) is 0 Å². The second-order valence-electron chi connectivity index (χ2n) is 7.32. The molecule has 2 aliphatic heterocycles. The van der Waals surface area contributed by atoms with Crippen molar-refractivity contribution in [2.45, 2.75) is 38.8 Å². The predicted molar refractivity (Wildman–Crippen MR) is 114 cm³/mol. The normalized spacial score (nSPS) is 23.5. The van der Waals surface area contributed by atoms with Gasteiger partial charge >= 0.3 is 0 Å². The number of guanidine groups is 1. The van der Waals surface area contributed by atoms with Crippen LogP contribution < -0.4 is 15.5 Å². The maximum atomic E-state index is 5.87. The van der Waals surface area contributed by atoms with E-state index >= 15 is 0 Å². The molecule has 1 atom stereocenters. The van der Waals surface area contributed by atoms with Crippen molar-refractivity contribution in [3.63, 3.8) is 0 Å². The van der Waals surface area contributed by atoms with Gasteiger partial charge in [0.2, 0.25) is 0 Å². The molecule has 1 aromatic carbocycles. The van der Waals surface area contributed by atoms with E-state index in [-0.39, 0.29) is 5.60 Å². The van der Waals surface area contributed by atoms with E-state index in [9.17, 15) is 0 Å². The number of nitrogens with zero attached hydrogens (tertiary/aromatic N) is 2. The number of hydrogen-bond acceptors (Lipinski definition) is 4. The molecule has 2 heterocycles. The summed E-state index contributed by atoms with van der Waals surface area (Å²) in [5.74, 6) is 0.838. The third kappa shape index (κ3) is 5.83. The number of ether oxygens (including phenoxy) is 2. The molecule has 1 unspecified atom stereocenters. The Morgan fingerprint density at radius 3 is 2.78 bits per heavy atom. The number of rotatable bonds is 6. The van der Waals surface area contributed by atoms with Crippen LogP contribution in [0.4, 0.5) is 5.69 Å². The minimum Gasteiger partial charge on any atom is -0.378 e. The van der Waals surface area contributed by atoms with Gasteiger partial charge in [0.1, 0.15) is 0 Å². The fraction of sp³-hybridized carbons (Fsp3) is 0.650. The zero-order valence-electron chi connectivity index (χ0n) is 16.4. The van der Waals surface area contributed by atoms with Gasteiger partial charge in [-0.2, -0.15) is 0 Å². The van der Waals surface area contributed by atoms with E-state index in [1.54, 1.807) is 0 Å². The van der Waals surface area contributed by atoms with Crippen molar-refractivity contribution in [1.82, 2.24) is 10.6 Å². The molecule has 0 bridgehead atoms. The molecule has 3 rings (SSSR count). The highest BCUT2D eigenvalue weighted by atomic mass is 79.9. The zero-order valence-corrected chi connectivity index (χ0v) is 18.0. The highest BCUT2D eigenvalue weighted by molar-refractivity contribution is 9.10. The Kier molecular flexibility index (Phi) is 7.38. The Bertz CT molecular complexity index is 641. The van der Waals surface area contributed by atoms with Gasteiger partial charge in [-0.05, 0) is 44.4 Å². The SMILES string of the molecule is CCNC(=NCc1ccc(Br)cc1N1CCOCC1)NCC1(C)CCCO1. The monoisotopic (exact) mass is 438 g/mol. The summed E-state index contributed by atoms with van der Waals surface area (Å²) >= 11 is 3.60. The van der Waals surface area contributed by atoms with Crippen molar-refractivity contribution in [2.75, 3.05) is 50.9 Å². The molecule has 0 aromatic heterocycles. The molecule has 0 saturated carbocycles. The van der Waals surface area contributed by atoms with Crippen molar-refractivity contribution < 1.29 is 9.47 Å². The maximum absolute atomic E-state index is 5.87. The van der Waals surface area contributed by atoms with E-state index in [4.69, 9.17) is 14.5 Å². The van der Waals surface area contributed by atoms with Gasteiger partial charge < -0.3 is 25.0 Å². The lowest BCUT2D eigenvalue weighted by molar-refractivity contribution is 0.0243. The van der Waals surface area contributed by atoms with E-state index in [1.807, 2.05) is 0 Å². The van der Waals surface area contributed by atoms with Crippen LogP contribution in [-0.4, -0.2) is 57.6 Å². The van der Waals surface area contributed by atoms with E-state index < -0.39 is 0 Å². The maximum Gasteiger partial charge on any atom is 0.191 e. The number of benzene rings is 1. The van der Waals surface area contributed by atoms with Crippen molar-refractivity contribution in [1.29, 1.82) is 0 Å². The summed E-state index contributed by atoms with van der Waals surface area (Å²) in [6.45, 7) is 10.7. The van der Waals surface area contributed by atoms with Crippen LogP contribution in [0.1, 0.15) is 32.3 Å². The molecule has 2 fully saturated rings. The zero-order chi connectivity index (χ0) is 19.1. The molecule has 150 valence electrons. The first kappa shape index (κ1) is 20.4. The molecule has 0 aliphatic carbocycles. The van der Waals surface area contributed by atoms with Crippen LogP contribution >= 0.6 is 15.9 Å². The standard InChI is InChI=1S/C20H31BrN4O2/c1-3-22-19(24-15-20(2)7-4-10-27-20)23-14-16-5-6-17(21)13-18(16)25-8-11-26-12-9-25/h5-6,13H,3-4,7-12,14-15H2,1-2H3,(H2,22,23,24). The summed E-state index contributed by atoms with van der Waals surface area (Å²) in [7, 11) is 0. The number of anilines is 1. The quantitative estimate of drug-likeness (QED) is 0.528. The van der Waals surface area contributed by atoms with Crippen LogP contribution in [0.25, 0.3) is 0 Å². The second-order valence-corrected chi connectivity index (χ2v) is 8.24. The molecular weight excluding hydrogens is 408 g/mol. The molecule has 2 N–H and O–H groups in total. The van der Waals surface area contributed by atoms with Crippen molar-refractivity contribution in [3.05, 3.63) is 28.2 Å². The van der Waals surface area contributed by atoms with Gasteiger partial charge in [0.15, 0.2) is 5.96 Å². The Balaban J connectivity index is 1.69. The van der Waals surface area contributed by atoms with E-state index in [2.05, 4.69) is 63.5 Å². The Morgan fingerprint density at radius 1 is 1.26 bits per heavy atom. The summed E-state index contributed by atoms with van der Waals surface area (Å²) in [4.78, 5) is 7.21. The first-order chi connectivity index (χ1) is 13.1. The molecule has 2 saturated heterocycles. The topological polar surface area (TPSA) is 58.1 Å². The molecule has 7 heteroatoms. The predicted octanol–water partition coefficient (Wildman–Crippen LogP) is 2.91. The summed E-state index contributed by atoms with van der Waals surface area (Å²) in [5, 5.41) is 6.80. The van der Waals surface area contributed by atoms with Crippen molar-refractivity contribution in [2.24, 2.45) is 4.99 Å². The smallest absolute Gasteiger partial charge is 0.191 e. The van der Waals surface area contributed by atoms with E-state index in [0.29, 0.717) is 6.54 Å². The lowest BCUT2D eigenvalue weighted by atomic mass is 10.0. The Labute approximate surface area is 170 Å². The fourth-order valence-corrected chi connectivity index (χ4v) is 3.87. The minimum atomic E-state index is -0.0905. The molecule has 27 heavy (non-hydrogen) atoms. The average Bonchev–Trinajstić information content (AvgIpc) is 3.12.